The zero-order valence-corrected chi connectivity index (χ0v) is 8.33. The van der Waals surface area contributed by atoms with E-state index in [-0.39, 0.29) is 0 Å². The Balaban J connectivity index is 2.28. The number of hydrogen-bond acceptors (Lipinski definition) is 2. The van der Waals surface area contributed by atoms with Crippen molar-refractivity contribution in [3.05, 3.63) is 47.5 Å². The van der Waals surface area contributed by atoms with Gasteiger partial charge in [0, 0.05) is 11.4 Å². The minimum Gasteiger partial charge on any atom is -0.399 e. The van der Waals surface area contributed by atoms with E-state index in [0.717, 1.165) is 17.8 Å². The monoisotopic (exact) mass is 196 g/mol. The third kappa shape index (κ3) is 1.18. The van der Waals surface area contributed by atoms with Crippen molar-refractivity contribution in [1.82, 2.24) is 0 Å². The van der Waals surface area contributed by atoms with E-state index in [1.54, 1.807) is 0 Å². The number of hydrogen-bond donors (Lipinski definition) is 2. The fourth-order valence-corrected chi connectivity index (χ4v) is 2.20. The quantitative estimate of drug-likeness (QED) is 0.542. The molecule has 4 N–H and O–H groups in total. The Hall–Kier alpha value is -1.96. The molecule has 0 aromatic heterocycles. The van der Waals surface area contributed by atoms with Crippen LogP contribution in [0.4, 0.5) is 11.4 Å². The van der Waals surface area contributed by atoms with Crippen LogP contribution < -0.4 is 11.5 Å². The van der Waals surface area contributed by atoms with Gasteiger partial charge in [0.05, 0.1) is 0 Å². The van der Waals surface area contributed by atoms with Crippen molar-refractivity contribution in [2.75, 3.05) is 11.5 Å². The van der Waals surface area contributed by atoms with Gasteiger partial charge in [-0.15, -0.1) is 0 Å². The molecule has 0 heterocycles. The molecule has 1 aliphatic rings. The van der Waals surface area contributed by atoms with E-state index in [0.29, 0.717) is 0 Å². The second kappa shape index (κ2) is 2.76. The highest BCUT2D eigenvalue weighted by atomic mass is 14.6. The first-order chi connectivity index (χ1) is 7.24. The Morgan fingerprint density at radius 3 is 1.67 bits per heavy atom. The highest BCUT2D eigenvalue weighted by Gasteiger charge is 2.18. The first-order valence-corrected chi connectivity index (χ1v) is 5.01. The lowest BCUT2D eigenvalue weighted by molar-refractivity contribution is 1.26. The predicted octanol–water partition coefficient (Wildman–Crippen LogP) is 2.42. The summed E-state index contributed by atoms with van der Waals surface area (Å²) in [4.78, 5) is 0. The van der Waals surface area contributed by atoms with Gasteiger partial charge in [0.15, 0.2) is 0 Å². The Kier molecular flexibility index (Phi) is 1.54. The van der Waals surface area contributed by atoms with Crippen molar-refractivity contribution >= 4 is 11.4 Å². The molecule has 0 radical (unpaired) electrons. The molecule has 0 atom stereocenters. The summed E-state index contributed by atoms with van der Waals surface area (Å²) in [6.45, 7) is 0. The molecule has 0 bridgehead atoms. The second-order valence-electron chi connectivity index (χ2n) is 4.01. The van der Waals surface area contributed by atoms with E-state index >= 15 is 0 Å². The maximum absolute atomic E-state index is 5.79. The Bertz CT molecular complexity index is 495. The maximum atomic E-state index is 5.79. The van der Waals surface area contributed by atoms with Crippen LogP contribution in [0.25, 0.3) is 11.1 Å². The minimum absolute atomic E-state index is 0.809. The third-order valence-corrected chi connectivity index (χ3v) is 2.94. The van der Waals surface area contributed by atoms with Crippen molar-refractivity contribution < 1.29 is 0 Å². The van der Waals surface area contributed by atoms with Crippen LogP contribution in [0.1, 0.15) is 11.1 Å². The lowest BCUT2D eigenvalue weighted by Crippen LogP contribution is -1.87. The summed E-state index contributed by atoms with van der Waals surface area (Å²) in [6.07, 6.45) is 0.991. The van der Waals surface area contributed by atoms with E-state index in [1.165, 1.54) is 22.3 Å². The largest absolute Gasteiger partial charge is 0.399 e. The summed E-state index contributed by atoms with van der Waals surface area (Å²) in [5, 5.41) is 0. The van der Waals surface area contributed by atoms with Crippen molar-refractivity contribution in [1.29, 1.82) is 0 Å². The lowest BCUT2D eigenvalue weighted by atomic mass is 10.0. The first kappa shape index (κ1) is 8.36. The maximum Gasteiger partial charge on any atom is 0.0320 e. The standard InChI is InChI=1S/C13H12N2/c14-10-3-1-8-5-9-2-4-11(15)7-13(9)12(8)6-10/h1-4,6-7H,5,14-15H2. The Morgan fingerprint density at radius 2 is 1.20 bits per heavy atom. The third-order valence-electron chi connectivity index (χ3n) is 2.94. The molecule has 2 aromatic carbocycles. The minimum atomic E-state index is 0.809. The molecule has 2 nitrogen and oxygen atoms in total. The van der Waals surface area contributed by atoms with Gasteiger partial charge in [0.1, 0.15) is 0 Å². The predicted molar refractivity (Wildman–Crippen MR) is 63.5 cm³/mol. The summed E-state index contributed by atoms with van der Waals surface area (Å²) in [7, 11) is 0. The van der Waals surface area contributed by atoms with Gasteiger partial charge in [-0.05, 0) is 52.9 Å². The zero-order chi connectivity index (χ0) is 10.4. The van der Waals surface area contributed by atoms with E-state index in [2.05, 4.69) is 12.1 Å². The molecule has 0 fully saturated rings. The highest BCUT2D eigenvalue weighted by molar-refractivity contribution is 5.81. The number of fused-ring (bicyclic) bond motifs is 3. The van der Waals surface area contributed by atoms with Crippen molar-refractivity contribution in [3.63, 3.8) is 0 Å². The molecule has 0 spiro atoms. The topological polar surface area (TPSA) is 52.0 Å². The molecular weight excluding hydrogens is 184 g/mol. The van der Waals surface area contributed by atoms with Gasteiger partial charge in [0.25, 0.3) is 0 Å². The summed E-state index contributed by atoms with van der Waals surface area (Å²) < 4.78 is 0. The molecule has 0 saturated carbocycles. The van der Waals surface area contributed by atoms with Crippen molar-refractivity contribution in [2.24, 2.45) is 0 Å². The van der Waals surface area contributed by atoms with Crippen LogP contribution >= 0.6 is 0 Å². The summed E-state index contributed by atoms with van der Waals surface area (Å²) in [5.41, 5.74) is 18.4. The van der Waals surface area contributed by atoms with E-state index in [1.807, 2.05) is 24.3 Å². The molecule has 0 aliphatic heterocycles. The normalized spacial score (nSPS) is 12.3. The SMILES string of the molecule is Nc1ccc2c(c1)-c1cc(N)ccc1C2. The molecule has 1 aliphatic carbocycles. The van der Waals surface area contributed by atoms with Crippen LogP contribution in [0.15, 0.2) is 36.4 Å². The molecule has 15 heavy (non-hydrogen) atoms. The van der Waals surface area contributed by atoms with Crippen LogP contribution in [0.3, 0.4) is 0 Å². The van der Waals surface area contributed by atoms with E-state index in [9.17, 15) is 0 Å². The van der Waals surface area contributed by atoms with Gasteiger partial charge in [0.2, 0.25) is 0 Å². The van der Waals surface area contributed by atoms with Crippen LogP contribution in [0.2, 0.25) is 0 Å². The number of nitrogens with two attached hydrogens (primary N) is 2. The van der Waals surface area contributed by atoms with E-state index in [4.69, 9.17) is 11.5 Å². The summed E-state index contributed by atoms with van der Waals surface area (Å²) >= 11 is 0. The van der Waals surface area contributed by atoms with E-state index < -0.39 is 0 Å². The van der Waals surface area contributed by atoms with Gasteiger partial charge in [-0.25, -0.2) is 0 Å². The van der Waals surface area contributed by atoms with Gasteiger partial charge < -0.3 is 11.5 Å². The molecule has 0 unspecified atom stereocenters. The lowest BCUT2D eigenvalue weighted by Gasteiger charge is -2.02. The fraction of sp³-hybridized carbons (Fsp3) is 0.0769. The molecule has 74 valence electrons. The molecule has 3 rings (SSSR count). The first-order valence-electron chi connectivity index (χ1n) is 5.01. The van der Waals surface area contributed by atoms with Gasteiger partial charge in [-0.3, -0.25) is 0 Å². The van der Waals surface area contributed by atoms with Gasteiger partial charge in [-0.2, -0.15) is 0 Å². The smallest absolute Gasteiger partial charge is 0.0320 e. The number of nitrogen functional groups attached to an aromatic ring is 2. The Labute approximate surface area is 88.5 Å². The molecule has 2 heteroatoms. The van der Waals surface area contributed by atoms with Gasteiger partial charge >= 0.3 is 0 Å². The van der Waals surface area contributed by atoms with Crippen LogP contribution in [-0.4, -0.2) is 0 Å². The number of rotatable bonds is 0. The highest BCUT2D eigenvalue weighted by Crippen LogP contribution is 2.38. The molecular formula is C13H12N2. The summed E-state index contributed by atoms with van der Waals surface area (Å²) in [6, 6.07) is 12.2. The van der Waals surface area contributed by atoms with Gasteiger partial charge in [-0.1, -0.05) is 12.1 Å². The number of benzene rings is 2. The average molecular weight is 196 g/mol. The molecule has 0 saturated heterocycles. The van der Waals surface area contributed by atoms with Crippen molar-refractivity contribution in [2.45, 2.75) is 6.42 Å². The fourth-order valence-electron chi connectivity index (χ4n) is 2.20. The molecule has 2 aromatic rings. The zero-order valence-electron chi connectivity index (χ0n) is 8.33. The Morgan fingerprint density at radius 1 is 0.733 bits per heavy atom. The van der Waals surface area contributed by atoms with Crippen molar-refractivity contribution in [3.8, 4) is 11.1 Å². The average Bonchev–Trinajstić information content (AvgIpc) is 2.56. The summed E-state index contributed by atoms with van der Waals surface area (Å²) in [5.74, 6) is 0. The van der Waals surface area contributed by atoms with Crippen LogP contribution in [0.5, 0.6) is 0 Å². The number of anilines is 2. The van der Waals surface area contributed by atoms with Crippen LogP contribution in [0, 0.1) is 0 Å². The molecule has 0 amide bonds. The second-order valence-corrected chi connectivity index (χ2v) is 4.01. The van der Waals surface area contributed by atoms with Crippen LogP contribution in [-0.2, 0) is 6.42 Å².